The average Bonchev–Trinajstić information content (AvgIpc) is 2.48. The maximum atomic E-state index is 11.9. The van der Waals surface area contributed by atoms with Crippen LogP contribution in [-0.4, -0.2) is 23.2 Å². The third kappa shape index (κ3) is 4.00. The van der Waals surface area contributed by atoms with Crippen LogP contribution in [0.25, 0.3) is 0 Å². The van der Waals surface area contributed by atoms with E-state index in [9.17, 15) is 9.59 Å². The highest BCUT2D eigenvalue weighted by Gasteiger charge is 2.48. The third-order valence-electron chi connectivity index (χ3n) is 4.68. The standard InChI is InChI=1S/C17H23NO4/c1-17(2)13(8-9-15(19)20)10-14(17)18-16(21)22-11-12-6-4-3-5-7-12/h3-7,13-14H,8-11H2,1-2H3,(H,18,21)(H,19,20)/t13-,14+/m1/s1. The van der Waals surface area contributed by atoms with Crippen molar-refractivity contribution in [3.05, 3.63) is 35.9 Å². The fraction of sp³-hybridized carbons (Fsp3) is 0.529. The van der Waals surface area contributed by atoms with Crippen LogP contribution >= 0.6 is 0 Å². The average molecular weight is 305 g/mol. The zero-order valence-corrected chi connectivity index (χ0v) is 13.0. The number of carboxylic acids is 1. The molecule has 2 N–H and O–H groups in total. The lowest BCUT2D eigenvalue weighted by molar-refractivity contribution is -0.138. The van der Waals surface area contributed by atoms with E-state index in [4.69, 9.17) is 9.84 Å². The maximum Gasteiger partial charge on any atom is 0.407 e. The van der Waals surface area contributed by atoms with Gasteiger partial charge in [0.05, 0.1) is 0 Å². The molecule has 1 aromatic rings. The minimum atomic E-state index is -0.769. The predicted molar refractivity (Wildman–Crippen MR) is 82.3 cm³/mol. The Hall–Kier alpha value is -2.04. The molecule has 1 amide bonds. The SMILES string of the molecule is CC1(C)[C@H](CCC(=O)O)C[C@@H]1NC(=O)OCc1ccccc1. The minimum Gasteiger partial charge on any atom is -0.481 e. The zero-order valence-electron chi connectivity index (χ0n) is 13.0. The molecule has 5 heteroatoms. The molecule has 2 rings (SSSR count). The van der Waals surface area contributed by atoms with E-state index in [1.54, 1.807) is 0 Å². The van der Waals surface area contributed by atoms with E-state index < -0.39 is 12.1 Å². The number of amides is 1. The molecule has 1 aliphatic carbocycles. The summed E-state index contributed by atoms with van der Waals surface area (Å²) in [7, 11) is 0. The summed E-state index contributed by atoms with van der Waals surface area (Å²) in [5.74, 6) is -0.447. The second-order valence-corrected chi connectivity index (χ2v) is 6.45. The normalized spacial score (nSPS) is 22.5. The molecule has 0 radical (unpaired) electrons. The number of hydrogen-bond acceptors (Lipinski definition) is 3. The van der Waals surface area contributed by atoms with Crippen LogP contribution in [-0.2, 0) is 16.1 Å². The molecule has 0 unspecified atom stereocenters. The molecule has 1 saturated carbocycles. The molecule has 0 heterocycles. The first-order valence-electron chi connectivity index (χ1n) is 7.58. The first-order chi connectivity index (χ1) is 10.4. The minimum absolute atomic E-state index is 0.0366. The molecule has 0 aromatic heterocycles. The number of benzene rings is 1. The van der Waals surface area contributed by atoms with Crippen molar-refractivity contribution in [2.24, 2.45) is 11.3 Å². The number of carbonyl (C=O) groups excluding carboxylic acids is 1. The number of alkyl carbamates (subject to hydrolysis) is 1. The van der Waals surface area contributed by atoms with Crippen molar-refractivity contribution in [2.45, 2.75) is 45.8 Å². The Labute approximate surface area is 130 Å². The Morgan fingerprint density at radius 1 is 1.32 bits per heavy atom. The molecular formula is C17H23NO4. The summed E-state index contributed by atoms with van der Waals surface area (Å²) in [6.45, 7) is 4.37. The fourth-order valence-electron chi connectivity index (χ4n) is 2.96. The molecule has 5 nitrogen and oxygen atoms in total. The number of nitrogens with one attached hydrogen (secondary N) is 1. The summed E-state index contributed by atoms with van der Waals surface area (Å²) < 4.78 is 5.22. The van der Waals surface area contributed by atoms with Gasteiger partial charge < -0.3 is 15.2 Å². The van der Waals surface area contributed by atoms with Gasteiger partial charge >= 0.3 is 12.1 Å². The van der Waals surface area contributed by atoms with Crippen molar-refractivity contribution in [2.75, 3.05) is 0 Å². The first kappa shape index (κ1) is 16.3. The molecular weight excluding hydrogens is 282 g/mol. The van der Waals surface area contributed by atoms with Crippen LogP contribution in [0.3, 0.4) is 0 Å². The summed E-state index contributed by atoms with van der Waals surface area (Å²) in [5.41, 5.74) is 0.853. The van der Waals surface area contributed by atoms with Crippen molar-refractivity contribution in [3.8, 4) is 0 Å². The number of carboxylic acid groups (broad SMARTS) is 1. The third-order valence-corrected chi connectivity index (χ3v) is 4.68. The van der Waals surface area contributed by atoms with Crippen LogP contribution < -0.4 is 5.32 Å². The zero-order chi connectivity index (χ0) is 16.2. The monoisotopic (exact) mass is 305 g/mol. The maximum absolute atomic E-state index is 11.9. The summed E-state index contributed by atoms with van der Waals surface area (Å²) in [6, 6.07) is 9.56. The Bertz CT molecular complexity index is 527. The lowest BCUT2D eigenvalue weighted by Gasteiger charge is -2.52. The van der Waals surface area contributed by atoms with Gasteiger partial charge in [0.2, 0.25) is 0 Å². The van der Waals surface area contributed by atoms with Crippen LogP contribution in [0.2, 0.25) is 0 Å². The van der Waals surface area contributed by atoms with Gasteiger partial charge in [-0.05, 0) is 29.7 Å². The fourth-order valence-corrected chi connectivity index (χ4v) is 2.96. The molecule has 0 saturated heterocycles. The van der Waals surface area contributed by atoms with Crippen LogP contribution in [0.1, 0.15) is 38.7 Å². The van der Waals surface area contributed by atoms with E-state index in [0.717, 1.165) is 12.0 Å². The highest BCUT2D eigenvalue weighted by molar-refractivity contribution is 5.68. The van der Waals surface area contributed by atoms with Crippen LogP contribution in [0.4, 0.5) is 4.79 Å². The van der Waals surface area contributed by atoms with Gasteiger partial charge in [-0.25, -0.2) is 4.79 Å². The van der Waals surface area contributed by atoms with E-state index in [-0.39, 0.29) is 24.5 Å². The summed E-state index contributed by atoms with van der Waals surface area (Å²) in [6.07, 6.45) is 1.22. The summed E-state index contributed by atoms with van der Waals surface area (Å²) in [5, 5.41) is 11.6. The smallest absolute Gasteiger partial charge is 0.407 e. The molecule has 0 spiro atoms. The predicted octanol–water partition coefficient (Wildman–Crippen LogP) is 3.19. The van der Waals surface area contributed by atoms with E-state index >= 15 is 0 Å². The molecule has 22 heavy (non-hydrogen) atoms. The number of hydrogen-bond donors (Lipinski definition) is 2. The van der Waals surface area contributed by atoms with Crippen molar-refractivity contribution in [1.82, 2.24) is 5.32 Å². The Morgan fingerprint density at radius 3 is 2.59 bits per heavy atom. The quantitative estimate of drug-likeness (QED) is 0.846. The van der Waals surface area contributed by atoms with Crippen LogP contribution in [0.5, 0.6) is 0 Å². The summed E-state index contributed by atoms with van der Waals surface area (Å²) >= 11 is 0. The molecule has 0 aliphatic heterocycles. The topological polar surface area (TPSA) is 75.6 Å². The molecule has 1 aliphatic rings. The van der Waals surface area contributed by atoms with Gasteiger partial charge in [0.15, 0.2) is 0 Å². The summed E-state index contributed by atoms with van der Waals surface area (Å²) in [4.78, 5) is 22.5. The van der Waals surface area contributed by atoms with Gasteiger partial charge in [-0.2, -0.15) is 0 Å². The highest BCUT2D eigenvalue weighted by Crippen LogP contribution is 2.48. The van der Waals surface area contributed by atoms with Crippen molar-refractivity contribution in [1.29, 1.82) is 0 Å². The largest absolute Gasteiger partial charge is 0.481 e. The van der Waals surface area contributed by atoms with Gasteiger partial charge in [-0.1, -0.05) is 44.2 Å². The Kier molecular flexibility index (Phi) is 5.06. The van der Waals surface area contributed by atoms with Crippen molar-refractivity contribution >= 4 is 12.1 Å². The molecule has 120 valence electrons. The van der Waals surface area contributed by atoms with Gasteiger partial charge in [0, 0.05) is 12.5 Å². The van der Waals surface area contributed by atoms with Crippen LogP contribution in [0, 0.1) is 11.3 Å². The molecule has 2 atom stereocenters. The number of rotatable bonds is 6. The van der Waals surface area contributed by atoms with E-state index in [1.165, 1.54) is 0 Å². The van der Waals surface area contributed by atoms with E-state index in [1.807, 2.05) is 30.3 Å². The molecule has 0 bridgehead atoms. The van der Waals surface area contributed by atoms with Crippen molar-refractivity contribution in [3.63, 3.8) is 0 Å². The second-order valence-electron chi connectivity index (χ2n) is 6.45. The number of ether oxygens (including phenoxy) is 1. The first-order valence-corrected chi connectivity index (χ1v) is 7.58. The van der Waals surface area contributed by atoms with Gasteiger partial charge in [0.25, 0.3) is 0 Å². The Balaban J connectivity index is 1.75. The molecule has 1 aromatic carbocycles. The Morgan fingerprint density at radius 2 is 2.00 bits per heavy atom. The lowest BCUT2D eigenvalue weighted by atomic mass is 9.57. The van der Waals surface area contributed by atoms with Crippen LogP contribution in [0.15, 0.2) is 30.3 Å². The van der Waals surface area contributed by atoms with Gasteiger partial charge in [0.1, 0.15) is 6.61 Å². The highest BCUT2D eigenvalue weighted by atomic mass is 16.5. The number of aliphatic carboxylic acids is 1. The van der Waals surface area contributed by atoms with Gasteiger partial charge in [-0.3, -0.25) is 4.79 Å². The van der Waals surface area contributed by atoms with Crippen molar-refractivity contribution < 1.29 is 19.4 Å². The second kappa shape index (κ2) is 6.81. The van der Waals surface area contributed by atoms with E-state index in [2.05, 4.69) is 19.2 Å². The lowest BCUT2D eigenvalue weighted by Crippen LogP contribution is -2.58. The van der Waals surface area contributed by atoms with Gasteiger partial charge in [-0.15, -0.1) is 0 Å². The molecule has 1 fully saturated rings. The van der Waals surface area contributed by atoms with E-state index in [0.29, 0.717) is 12.3 Å². The number of carbonyl (C=O) groups is 2.